The van der Waals surface area contributed by atoms with E-state index in [-0.39, 0.29) is 11.3 Å². The Hall–Kier alpha value is -1.92. The number of furan rings is 1. The summed E-state index contributed by atoms with van der Waals surface area (Å²) < 4.78 is 10.2. The number of aliphatic hydroxyl groups is 1. The van der Waals surface area contributed by atoms with Gasteiger partial charge in [0.1, 0.15) is 11.7 Å². The number of rotatable bonds is 6. The molecule has 0 saturated heterocycles. The number of carbonyl (C=O) groups is 2. The molecule has 6 heteroatoms. The molecule has 0 atom stereocenters. The Morgan fingerprint density at radius 3 is 2.84 bits per heavy atom. The van der Waals surface area contributed by atoms with Crippen molar-refractivity contribution in [2.45, 2.75) is 6.92 Å². The highest BCUT2D eigenvalue weighted by atomic mass is 16.5. The normalized spacial score (nSPS) is 13.3. The minimum Gasteiger partial charge on any atom is -0.451 e. The van der Waals surface area contributed by atoms with Crippen molar-refractivity contribution >= 4 is 23.8 Å². The Morgan fingerprint density at radius 2 is 2.32 bits per heavy atom. The highest BCUT2D eigenvalue weighted by Crippen LogP contribution is 1.94. The molecule has 1 heterocycles. The minimum absolute atomic E-state index is 0.0898. The summed E-state index contributed by atoms with van der Waals surface area (Å²) in [5, 5.41) is 12.1. The number of ether oxygens (including phenoxy) is 1. The Morgan fingerprint density at radius 1 is 1.58 bits per heavy atom. The summed E-state index contributed by atoms with van der Waals surface area (Å²) in [6.45, 7) is 2.07. The van der Waals surface area contributed by atoms with Crippen LogP contribution in [0.2, 0.25) is 0 Å². The van der Waals surface area contributed by atoms with Gasteiger partial charge in [0.2, 0.25) is 0 Å². The van der Waals surface area contributed by atoms with Gasteiger partial charge in [0, 0.05) is 24.4 Å². The van der Waals surface area contributed by atoms with E-state index in [1.54, 1.807) is 13.0 Å². The van der Waals surface area contributed by atoms with Crippen molar-refractivity contribution < 1.29 is 23.8 Å². The molecule has 0 fully saturated rings. The van der Waals surface area contributed by atoms with Crippen LogP contribution in [0.4, 0.5) is 0 Å². The van der Waals surface area contributed by atoms with E-state index in [9.17, 15) is 9.59 Å². The summed E-state index contributed by atoms with van der Waals surface area (Å²) >= 11 is 0. The molecular formula is C13H17NO5. The second kappa shape index (κ2) is 7.50. The van der Waals surface area contributed by atoms with Crippen LogP contribution in [0.3, 0.4) is 0 Å². The van der Waals surface area contributed by atoms with Crippen LogP contribution in [0, 0.1) is 0 Å². The zero-order valence-corrected chi connectivity index (χ0v) is 10.9. The molecule has 0 bridgehead atoms. The largest absolute Gasteiger partial charge is 0.451 e. The van der Waals surface area contributed by atoms with Gasteiger partial charge in [0.25, 0.3) is 5.91 Å². The fourth-order valence-corrected chi connectivity index (χ4v) is 1.52. The second-order valence-electron chi connectivity index (χ2n) is 3.73. The molecule has 1 amide bonds. The van der Waals surface area contributed by atoms with Crippen molar-refractivity contribution in [2.24, 2.45) is 0 Å². The van der Waals surface area contributed by atoms with Crippen LogP contribution in [-0.4, -0.2) is 44.2 Å². The molecule has 0 radical (unpaired) electrons. The molecule has 1 aromatic heterocycles. The van der Waals surface area contributed by atoms with Crippen molar-refractivity contribution in [1.82, 2.24) is 5.32 Å². The zero-order valence-electron chi connectivity index (χ0n) is 10.9. The molecule has 0 aliphatic heterocycles. The quantitative estimate of drug-likeness (QED) is 0.499. The maximum atomic E-state index is 11.8. The fraction of sp³-hybridized carbons (Fsp3) is 0.385. The molecule has 0 aliphatic carbocycles. The van der Waals surface area contributed by atoms with E-state index in [1.807, 2.05) is 0 Å². The Labute approximate surface area is 110 Å². The van der Waals surface area contributed by atoms with E-state index in [1.165, 1.54) is 13.2 Å². The van der Waals surface area contributed by atoms with Crippen molar-refractivity contribution in [1.29, 1.82) is 0 Å². The van der Waals surface area contributed by atoms with Gasteiger partial charge in [-0.05, 0) is 19.1 Å². The summed E-state index contributed by atoms with van der Waals surface area (Å²) in [6.07, 6.45) is 2.17. The SMILES string of the molecule is C/C=c1/oc(C(=O)NCCOC)c/c1=C(\C=O)CO. The number of carbonyl (C=O) groups excluding carboxylic acids is 2. The van der Waals surface area contributed by atoms with E-state index >= 15 is 0 Å². The third-order valence-electron chi connectivity index (χ3n) is 2.50. The second-order valence-corrected chi connectivity index (χ2v) is 3.73. The third kappa shape index (κ3) is 3.77. The number of hydrogen-bond acceptors (Lipinski definition) is 5. The monoisotopic (exact) mass is 267 g/mol. The standard InChI is InChI=1S/C13H17NO5/c1-3-11-10(9(7-15)8-16)6-12(19-11)13(17)14-4-5-18-2/h3,6-7,16H,4-5,8H2,1-2H3,(H,14,17)/b10-9-,11-3+. The number of aldehydes is 1. The maximum absolute atomic E-state index is 11.8. The molecule has 0 aliphatic rings. The average molecular weight is 267 g/mol. The van der Waals surface area contributed by atoms with Gasteiger partial charge in [-0.25, -0.2) is 0 Å². The van der Waals surface area contributed by atoms with Gasteiger partial charge in [-0.15, -0.1) is 0 Å². The fourth-order valence-electron chi connectivity index (χ4n) is 1.52. The molecule has 0 unspecified atom stereocenters. The van der Waals surface area contributed by atoms with Crippen LogP contribution >= 0.6 is 0 Å². The minimum atomic E-state index is -0.408. The van der Waals surface area contributed by atoms with Gasteiger partial charge in [0.15, 0.2) is 5.76 Å². The Bertz CT molecular complexity index is 558. The van der Waals surface area contributed by atoms with Gasteiger partial charge in [-0.1, -0.05) is 0 Å². The number of aliphatic hydroxyl groups excluding tert-OH is 1. The van der Waals surface area contributed by atoms with Crippen molar-refractivity contribution in [3.8, 4) is 0 Å². The van der Waals surface area contributed by atoms with Gasteiger partial charge < -0.3 is 19.6 Å². The number of methoxy groups -OCH3 is 1. The molecule has 1 rings (SSSR count). The lowest BCUT2D eigenvalue weighted by molar-refractivity contribution is -0.103. The van der Waals surface area contributed by atoms with Crippen LogP contribution in [0.15, 0.2) is 10.5 Å². The van der Waals surface area contributed by atoms with E-state index < -0.39 is 12.5 Å². The van der Waals surface area contributed by atoms with Crippen LogP contribution in [-0.2, 0) is 9.53 Å². The van der Waals surface area contributed by atoms with Crippen molar-refractivity contribution in [3.63, 3.8) is 0 Å². The van der Waals surface area contributed by atoms with Crippen LogP contribution < -0.4 is 16.0 Å². The molecule has 2 N–H and O–H groups in total. The molecular weight excluding hydrogens is 250 g/mol. The van der Waals surface area contributed by atoms with E-state index in [2.05, 4.69) is 5.32 Å². The first-order valence-electron chi connectivity index (χ1n) is 5.80. The zero-order chi connectivity index (χ0) is 14.3. The lowest BCUT2D eigenvalue weighted by atomic mass is 10.2. The first-order valence-corrected chi connectivity index (χ1v) is 5.80. The summed E-state index contributed by atoms with van der Waals surface area (Å²) in [5.74, 6) is -0.304. The van der Waals surface area contributed by atoms with E-state index in [0.717, 1.165) is 0 Å². The topological polar surface area (TPSA) is 88.8 Å². The number of nitrogens with one attached hydrogen (secondary N) is 1. The lowest BCUT2D eigenvalue weighted by Crippen LogP contribution is -2.26. The van der Waals surface area contributed by atoms with Gasteiger partial charge in [0.05, 0.1) is 13.2 Å². The third-order valence-corrected chi connectivity index (χ3v) is 2.50. The maximum Gasteiger partial charge on any atom is 0.287 e. The van der Waals surface area contributed by atoms with E-state index in [4.69, 9.17) is 14.3 Å². The summed E-state index contributed by atoms with van der Waals surface area (Å²) in [6, 6.07) is 1.44. The summed E-state index contributed by atoms with van der Waals surface area (Å²) in [4.78, 5) is 22.6. The predicted molar refractivity (Wildman–Crippen MR) is 68.9 cm³/mol. The molecule has 0 spiro atoms. The van der Waals surface area contributed by atoms with Crippen molar-refractivity contribution in [2.75, 3.05) is 26.9 Å². The first-order chi connectivity index (χ1) is 9.17. The lowest BCUT2D eigenvalue weighted by Gasteiger charge is -2.00. The van der Waals surface area contributed by atoms with Crippen molar-refractivity contribution in [3.05, 3.63) is 22.5 Å². The molecule has 104 valence electrons. The Balaban J connectivity index is 3.11. The van der Waals surface area contributed by atoms with Gasteiger partial charge in [-0.2, -0.15) is 0 Å². The van der Waals surface area contributed by atoms with Gasteiger partial charge in [-0.3, -0.25) is 9.59 Å². The molecule has 0 aromatic carbocycles. The highest BCUT2D eigenvalue weighted by Gasteiger charge is 2.11. The predicted octanol–water partition coefficient (Wildman–Crippen LogP) is -1.20. The first kappa shape index (κ1) is 15.1. The van der Waals surface area contributed by atoms with E-state index in [0.29, 0.717) is 30.1 Å². The summed E-state index contributed by atoms with van der Waals surface area (Å²) in [5.41, 5.74) is 0.556. The molecule has 6 nitrogen and oxygen atoms in total. The number of hydrogen-bond donors (Lipinski definition) is 2. The van der Waals surface area contributed by atoms with Crippen LogP contribution in [0.1, 0.15) is 17.5 Å². The molecule has 19 heavy (non-hydrogen) atoms. The van der Waals surface area contributed by atoms with Gasteiger partial charge >= 0.3 is 0 Å². The molecule has 0 saturated carbocycles. The number of amides is 1. The van der Waals surface area contributed by atoms with Crippen LogP contribution in [0.5, 0.6) is 0 Å². The Kier molecular flexibility index (Phi) is 5.98. The molecule has 1 aromatic rings. The highest BCUT2D eigenvalue weighted by molar-refractivity contribution is 5.99. The summed E-state index contributed by atoms with van der Waals surface area (Å²) in [7, 11) is 1.54. The average Bonchev–Trinajstić information content (AvgIpc) is 2.84. The smallest absolute Gasteiger partial charge is 0.287 e. The van der Waals surface area contributed by atoms with Crippen LogP contribution in [0.25, 0.3) is 11.6 Å².